The maximum atomic E-state index is 13.5. The van der Waals surface area contributed by atoms with E-state index in [4.69, 9.17) is 9.47 Å². The number of hydrogen-bond acceptors (Lipinski definition) is 6. The van der Waals surface area contributed by atoms with Crippen molar-refractivity contribution in [3.63, 3.8) is 0 Å². The van der Waals surface area contributed by atoms with Crippen LogP contribution < -0.4 is 5.32 Å². The van der Waals surface area contributed by atoms with E-state index in [-0.39, 0.29) is 11.9 Å². The van der Waals surface area contributed by atoms with Crippen LogP contribution >= 0.6 is 0 Å². The van der Waals surface area contributed by atoms with Gasteiger partial charge in [0.2, 0.25) is 5.60 Å². The van der Waals surface area contributed by atoms with Gasteiger partial charge in [-0.05, 0) is 49.2 Å². The lowest BCUT2D eigenvalue weighted by atomic mass is 9.81. The number of anilines is 1. The van der Waals surface area contributed by atoms with Crippen molar-refractivity contribution in [3.05, 3.63) is 95.6 Å². The lowest BCUT2D eigenvalue weighted by Crippen LogP contribution is -2.49. The van der Waals surface area contributed by atoms with Crippen molar-refractivity contribution in [2.45, 2.75) is 31.6 Å². The fourth-order valence-electron chi connectivity index (χ4n) is 3.72. The first kappa shape index (κ1) is 22.9. The molecule has 0 heterocycles. The van der Waals surface area contributed by atoms with Gasteiger partial charge in [-0.25, -0.2) is 4.79 Å². The summed E-state index contributed by atoms with van der Waals surface area (Å²) in [4.78, 5) is 13.5. The Morgan fingerprint density at radius 1 is 1.00 bits per heavy atom. The highest BCUT2D eigenvalue weighted by Gasteiger charge is 2.51. The molecule has 0 unspecified atom stereocenters. The number of rotatable bonds is 8. The van der Waals surface area contributed by atoms with Gasteiger partial charge in [-0.3, -0.25) is 0 Å². The standard InChI is InChI=1S/C26H26N2O4/c1-18(2)32-26(25(30)31-3,21-9-5-4-6-10-21)24(20-15-13-19(17-27)14-16-20)28-22-11-7-8-12-23(22)29/h4-16,18,24,28-29H,1-3H3/t24-,26-/m0/s1. The molecule has 2 N–H and O–H groups in total. The van der Waals surface area contributed by atoms with Gasteiger partial charge in [-0.1, -0.05) is 54.6 Å². The van der Waals surface area contributed by atoms with Crippen molar-refractivity contribution in [1.29, 1.82) is 5.26 Å². The lowest BCUT2D eigenvalue weighted by molar-refractivity contribution is -0.181. The molecule has 0 amide bonds. The van der Waals surface area contributed by atoms with Crippen molar-refractivity contribution in [2.24, 2.45) is 0 Å². The molecule has 2 atom stereocenters. The average molecular weight is 431 g/mol. The minimum atomic E-state index is -1.58. The van der Waals surface area contributed by atoms with Crippen LogP contribution in [0.3, 0.4) is 0 Å². The molecule has 0 saturated heterocycles. The molecule has 6 heteroatoms. The molecular weight excluding hydrogens is 404 g/mol. The number of nitrogens with one attached hydrogen (secondary N) is 1. The molecule has 0 aliphatic heterocycles. The van der Waals surface area contributed by atoms with Crippen molar-refractivity contribution in [3.8, 4) is 11.8 Å². The zero-order valence-corrected chi connectivity index (χ0v) is 18.3. The smallest absolute Gasteiger partial charge is 0.345 e. The van der Waals surface area contributed by atoms with Gasteiger partial charge in [0.1, 0.15) is 5.75 Å². The minimum absolute atomic E-state index is 0.0301. The maximum absolute atomic E-state index is 13.5. The third-order valence-corrected chi connectivity index (χ3v) is 5.10. The summed E-state index contributed by atoms with van der Waals surface area (Å²) >= 11 is 0. The summed E-state index contributed by atoms with van der Waals surface area (Å²) in [5, 5.41) is 23.0. The van der Waals surface area contributed by atoms with E-state index >= 15 is 0 Å². The van der Waals surface area contributed by atoms with E-state index in [0.717, 1.165) is 0 Å². The molecular formula is C26H26N2O4. The van der Waals surface area contributed by atoms with Gasteiger partial charge in [0, 0.05) is 0 Å². The van der Waals surface area contributed by atoms with Crippen LogP contribution in [0.15, 0.2) is 78.9 Å². The molecule has 3 aromatic carbocycles. The topological polar surface area (TPSA) is 91.6 Å². The second-order valence-corrected chi connectivity index (χ2v) is 7.59. The van der Waals surface area contributed by atoms with Gasteiger partial charge >= 0.3 is 5.97 Å². The van der Waals surface area contributed by atoms with Crippen molar-refractivity contribution >= 4 is 11.7 Å². The first-order valence-electron chi connectivity index (χ1n) is 10.3. The average Bonchev–Trinajstić information content (AvgIpc) is 2.82. The summed E-state index contributed by atoms with van der Waals surface area (Å²) in [5.74, 6) is -0.558. The van der Waals surface area contributed by atoms with Crippen LogP contribution in [0.4, 0.5) is 5.69 Å². The second-order valence-electron chi connectivity index (χ2n) is 7.59. The molecule has 0 spiro atoms. The van der Waals surface area contributed by atoms with Crippen molar-refractivity contribution in [1.82, 2.24) is 0 Å². The first-order chi connectivity index (χ1) is 15.4. The van der Waals surface area contributed by atoms with E-state index in [9.17, 15) is 15.2 Å². The molecule has 32 heavy (non-hydrogen) atoms. The number of hydrogen-bond donors (Lipinski definition) is 2. The Balaban J connectivity index is 2.29. The predicted octanol–water partition coefficient (Wildman–Crippen LogP) is 4.91. The van der Waals surface area contributed by atoms with Crippen LogP contribution in [0, 0.1) is 11.3 Å². The number of ether oxygens (including phenoxy) is 2. The number of phenols is 1. The Morgan fingerprint density at radius 2 is 1.62 bits per heavy atom. The van der Waals surface area contributed by atoms with E-state index in [1.165, 1.54) is 7.11 Å². The Hall–Kier alpha value is -3.82. The predicted molar refractivity (Wildman–Crippen MR) is 122 cm³/mol. The number of benzene rings is 3. The fourth-order valence-corrected chi connectivity index (χ4v) is 3.72. The van der Waals surface area contributed by atoms with Crippen molar-refractivity contribution < 1.29 is 19.4 Å². The summed E-state index contributed by atoms with van der Waals surface area (Å²) in [6, 6.07) is 24.1. The van der Waals surface area contributed by atoms with Crippen LogP contribution in [0.25, 0.3) is 0 Å². The Bertz CT molecular complexity index is 1090. The normalized spacial score (nSPS) is 13.6. The summed E-state index contributed by atoms with van der Waals surface area (Å²) in [6.07, 6.45) is -0.332. The zero-order valence-electron chi connectivity index (χ0n) is 18.3. The molecule has 164 valence electrons. The lowest BCUT2D eigenvalue weighted by Gasteiger charge is -2.41. The van der Waals surface area contributed by atoms with E-state index in [1.54, 1.807) is 48.5 Å². The van der Waals surface area contributed by atoms with Crippen molar-refractivity contribution in [2.75, 3.05) is 12.4 Å². The summed E-state index contributed by atoms with van der Waals surface area (Å²) in [6.45, 7) is 3.69. The molecule has 0 bridgehead atoms. The van der Waals surface area contributed by atoms with E-state index in [2.05, 4.69) is 11.4 Å². The molecule has 3 rings (SSSR count). The largest absolute Gasteiger partial charge is 0.506 e. The number of carbonyl (C=O) groups excluding carboxylic acids is 1. The number of esters is 1. The first-order valence-corrected chi connectivity index (χ1v) is 10.3. The summed E-state index contributed by atoms with van der Waals surface area (Å²) in [5.41, 5.74) is 0.613. The third kappa shape index (κ3) is 4.58. The van der Waals surface area contributed by atoms with Gasteiger partial charge in [0.25, 0.3) is 0 Å². The van der Waals surface area contributed by atoms with E-state index in [0.29, 0.717) is 22.4 Å². The number of carbonyl (C=O) groups is 1. The number of para-hydroxylation sites is 2. The maximum Gasteiger partial charge on any atom is 0.345 e. The molecule has 0 aliphatic rings. The Labute approximate surface area is 188 Å². The van der Waals surface area contributed by atoms with Gasteiger partial charge in [-0.2, -0.15) is 5.26 Å². The minimum Gasteiger partial charge on any atom is -0.506 e. The van der Waals surface area contributed by atoms with E-state index < -0.39 is 17.6 Å². The highest BCUT2D eigenvalue weighted by Crippen LogP contribution is 2.44. The monoisotopic (exact) mass is 430 g/mol. The SMILES string of the molecule is COC(=O)[C@](OC(C)C)(c1ccccc1)[C@@H](Nc1ccccc1O)c1ccc(C#N)cc1. The van der Waals surface area contributed by atoms with E-state index in [1.807, 2.05) is 44.2 Å². The van der Waals surface area contributed by atoms with Crippen LogP contribution in [0.1, 0.15) is 36.6 Å². The number of methoxy groups -OCH3 is 1. The van der Waals surface area contributed by atoms with Crippen LogP contribution in [-0.2, 0) is 19.9 Å². The highest BCUT2D eigenvalue weighted by atomic mass is 16.6. The molecule has 0 fully saturated rings. The van der Waals surface area contributed by atoms with Crippen LogP contribution in [-0.4, -0.2) is 24.3 Å². The third-order valence-electron chi connectivity index (χ3n) is 5.10. The van der Waals surface area contributed by atoms with Gasteiger partial charge in [0.15, 0.2) is 0 Å². The highest BCUT2D eigenvalue weighted by molar-refractivity contribution is 5.84. The second kappa shape index (κ2) is 9.99. The molecule has 6 nitrogen and oxygen atoms in total. The fraction of sp³-hybridized carbons (Fsp3) is 0.231. The van der Waals surface area contributed by atoms with Gasteiger partial charge in [0.05, 0.1) is 36.6 Å². The molecule has 0 saturated carbocycles. The summed E-state index contributed by atoms with van der Waals surface area (Å²) < 4.78 is 11.6. The van der Waals surface area contributed by atoms with Gasteiger partial charge < -0.3 is 19.9 Å². The van der Waals surface area contributed by atoms with Crippen LogP contribution in [0.5, 0.6) is 5.75 Å². The van der Waals surface area contributed by atoms with Gasteiger partial charge in [-0.15, -0.1) is 0 Å². The number of nitrogens with zero attached hydrogens (tertiary/aromatic N) is 1. The number of nitriles is 1. The molecule has 0 aromatic heterocycles. The molecule has 0 radical (unpaired) electrons. The Morgan fingerprint density at radius 3 is 2.19 bits per heavy atom. The number of phenolic OH excluding ortho intramolecular Hbond substituents is 1. The zero-order chi connectivity index (χ0) is 23.1. The summed E-state index contributed by atoms with van der Waals surface area (Å²) in [7, 11) is 1.32. The molecule has 3 aromatic rings. The Kier molecular flexibility index (Phi) is 7.14. The molecule has 0 aliphatic carbocycles. The number of aromatic hydroxyl groups is 1. The van der Waals surface area contributed by atoms with Crippen LogP contribution in [0.2, 0.25) is 0 Å². The quantitative estimate of drug-likeness (QED) is 0.390.